The van der Waals surface area contributed by atoms with Gasteiger partial charge in [0.2, 0.25) is 5.91 Å². The maximum atomic E-state index is 11.8. The number of fused-ring (bicyclic) bond motifs is 1. The fourth-order valence-corrected chi connectivity index (χ4v) is 3.52. The number of nitriles is 1. The van der Waals surface area contributed by atoms with Crippen LogP contribution in [0.3, 0.4) is 0 Å². The van der Waals surface area contributed by atoms with E-state index in [-0.39, 0.29) is 11.9 Å². The molecule has 2 aromatic carbocycles. The molecular weight excluding hydrogens is 362 g/mol. The number of nitrogen functional groups attached to an aromatic ring is 1. The van der Waals surface area contributed by atoms with E-state index in [2.05, 4.69) is 30.2 Å². The molecule has 0 bridgehead atoms. The molecule has 0 radical (unpaired) electrons. The van der Waals surface area contributed by atoms with Crippen LogP contribution in [-0.4, -0.2) is 21.7 Å². The number of hydrogen-bond acceptors (Lipinski definition) is 4. The van der Waals surface area contributed by atoms with Crippen molar-refractivity contribution in [2.75, 3.05) is 10.6 Å². The van der Waals surface area contributed by atoms with Crippen LogP contribution in [0.15, 0.2) is 54.7 Å². The summed E-state index contributed by atoms with van der Waals surface area (Å²) in [6.45, 7) is 3.75. The van der Waals surface area contributed by atoms with Gasteiger partial charge in [-0.1, -0.05) is 6.07 Å². The Morgan fingerprint density at radius 2 is 1.93 bits per heavy atom. The summed E-state index contributed by atoms with van der Waals surface area (Å²) in [6.07, 6.45) is 3.97. The van der Waals surface area contributed by atoms with Crippen molar-refractivity contribution in [2.45, 2.75) is 32.7 Å². The molecule has 2 heterocycles. The maximum absolute atomic E-state index is 11.8. The molecule has 0 saturated carbocycles. The Morgan fingerprint density at radius 1 is 1.21 bits per heavy atom. The minimum Gasteiger partial charge on any atom is -0.399 e. The van der Waals surface area contributed by atoms with Crippen molar-refractivity contribution >= 4 is 17.3 Å². The number of hydrogen-bond donors (Lipinski definition) is 1. The Bertz CT molecular complexity index is 1050. The van der Waals surface area contributed by atoms with Crippen LogP contribution >= 0.6 is 0 Å². The SMILES string of the molecule is CC(=O)N1c2ccc(-c3ccn(C)n3)cc2CC[C@@H]1C.N#Cc1ccc(N)cc1. The molecule has 6 heteroatoms. The van der Waals surface area contributed by atoms with Gasteiger partial charge in [-0.2, -0.15) is 10.4 Å². The van der Waals surface area contributed by atoms with Gasteiger partial charge in [0.15, 0.2) is 0 Å². The molecule has 2 N–H and O–H groups in total. The van der Waals surface area contributed by atoms with Gasteiger partial charge in [0, 0.05) is 43.1 Å². The first-order valence-electron chi connectivity index (χ1n) is 9.57. The van der Waals surface area contributed by atoms with Crippen molar-refractivity contribution in [3.8, 4) is 17.3 Å². The summed E-state index contributed by atoms with van der Waals surface area (Å²) in [6, 6.07) is 17.3. The zero-order valence-corrected chi connectivity index (χ0v) is 17.0. The van der Waals surface area contributed by atoms with E-state index in [1.54, 1.807) is 35.9 Å². The number of carbonyl (C=O) groups is 1. The number of anilines is 2. The highest BCUT2D eigenvalue weighted by atomic mass is 16.2. The lowest BCUT2D eigenvalue weighted by atomic mass is 9.94. The van der Waals surface area contributed by atoms with Gasteiger partial charge >= 0.3 is 0 Å². The molecular formula is C23H25N5O. The Morgan fingerprint density at radius 3 is 2.52 bits per heavy atom. The van der Waals surface area contributed by atoms with Crippen LogP contribution < -0.4 is 10.6 Å². The number of benzene rings is 2. The second-order valence-corrected chi connectivity index (χ2v) is 7.23. The molecule has 0 fully saturated rings. The topological polar surface area (TPSA) is 87.9 Å². The summed E-state index contributed by atoms with van der Waals surface area (Å²) in [5.74, 6) is 0.115. The summed E-state index contributed by atoms with van der Waals surface area (Å²) in [7, 11) is 1.92. The van der Waals surface area contributed by atoms with Crippen LogP contribution in [0, 0.1) is 11.3 Å². The van der Waals surface area contributed by atoms with Gasteiger partial charge in [0.05, 0.1) is 17.3 Å². The lowest BCUT2D eigenvalue weighted by Crippen LogP contribution is -2.40. The molecule has 0 unspecified atom stereocenters. The lowest BCUT2D eigenvalue weighted by Gasteiger charge is -2.34. The molecule has 1 aromatic heterocycles. The van der Waals surface area contributed by atoms with Crippen LogP contribution in [0.2, 0.25) is 0 Å². The summed E-state index contributed by atoms with van der Waals surface area (Å²) in [4.78, 5) is 13.7. The molecule has 0 spiro atoms. The maximum Gasteiger partial charge on any atom is 0.224 e. The molecule has 0 aliphatic carbocycles. The van der Waals surface area contributed by atoms with E-state index in [9.17, 15) is 4.79 Å². The number of nitrogens with zero attached hydrogens (tertiary/aromatic N) is 4. The van der Waals surface area contributed by atoms with Gasteiger partial charge in [0.25, 0.3) is 0 Å². The third-order valence-corrected chi connectivity index (χ3v) is 5.00. The van der Waals surface area contributed by atoms with Crippen LogP contribution in [-0.2, 0) is 18.3 Å². The number of aromatic nitrogens is 2. The van der Waals surface area contributed by atoms with E-state index in [1.807, 2.05) is 30.3 Å². The molecule has 0 saturated heterocycles. The molecule has 3 aromatic rings. The Hall–Kier alpha value is -3.59. The Labute approximate surface area is 171 Å². The summed E-state index contributed by atoms with van der Waals surface area (Å²) in [5, 5.41) is 12.8. The third kappa shape index (κ3) is 4.64. The van der Waals surface area contributed by atoms with Crippen molar-refractivity contribution in [1.29, 1.82) is 5.26 Å². The van der Waals surface area contributed by atoms with E-state index in [1.165, 1.54) is 5.56 Å². The number of carbonyl (C=O) groups excluding carboxylic acids is 1. The van der Waals surface area contributed by atoms with E-state index in [0.29, 0.717) is 11.3 Å². The smallest absolute Gasteiger partial charge is 0.224 e. The van der Waals surface area contributed by atoms with E-state index in [0.717, 1.165) is 29.8 Å². The average Bonchev–Trinajstić information content (AvgIpc) is 3.14. The molecule has 1 atom stereocenters. The van der Waals surface area contributed by atoms with Crippen LogP contribution in [0.25, 0.3) is 11.3 Å². The van der Waals surface area contributed by atoms with Crippen LogP contribution in [0.5, 0.6) is 0 Å². The average molecular weight is 387 g/mol. The fraction of sp³-hybridized carbons (Fsp3) is 0.261. The van der Waals surface area contributed by atoms with Gasteiger partial charge in [-0.3, -0.25) is 9.48 Å². The lowest BCUT2D eigenvalue weighted by molar-refractivity contribution is -0.117. The second-order valence-electron chi connectivity index (χ2n) is 7.23. The van der Waals surface area contributed by atoms with Gasteiger partial charge in [-0.15, -0.1) is 0 Å². The first-order chi connectivity index (χ1) is 13.9. The molecule has 1 aliphatic heterocycles. The van der Waals surface area contributed by atoms with Crippen LogP contribution in [0.1, 0.15) is 31.4 Å². The Balaban J connectivity index is 0.000000224. The molecule has 1 amide bonds. The first-order valence-corrected chi connectivity index (χ1v) is 9.57. The highest BCUT2D eigenvalue weighted by molar-refractivity contribution is 5.93. The molecule has 6 nitrogen and oxygen atoms in total. The zero-order valence-electron chi connectivity index (χ0n) is 17.0. The predicted molar refractivity (Wildman–Crippen MR) is 115 cm³/mol. The minimum atomic E-state index is 0.115. The number of aryl methyl sites for hydroxylation is 2. The van der Waals surface area contributed by atoms with Crippen molar-refractivity contribution < 1.29 is 4.79 Å². The molecule has 1 aliphatic rings. The van der Waals surface area contributed by atoms with Crippen molar-refractivity contribution in [3.05, 3.63) is 65.9 Å². The number of nitrogens with two attached hydrogens (primary N) is 1. The summed E-state index contributed by atoms with van der Waals surface area (Å²) < 4.78 is 1.80. The second kappa shape index (κ2) is 8.61. The summed E-state index contributed by atoms with van der Waals surface area (Å²) in [5.41, 5.74) is 11.1. The monoisotopic (exact) mass is 387 g/mol. The van der Waals surface area contributed by atoms with Gasteiger partial charge in [-0.25, -0.2) is 0 Å². The Kier molecular flexibility index (Phi) is 5.99. The fourth-order valence-electron chi connectivity index (χ4n) is 3.52. The number of rotatable bonds is 1. The van der Waals surface area contributed by atoms with Crippen molar-refractivity contribution in [3.63, 3.8) is 0 Å². The quantitative estimate of drug-likeness (QED) is 0.641. The van der Waals surface area contributed by atoms with E-state index >= 15 is 0 Å². The zero-order chi connectivity index (χ0) is 21.0. The van der Waals surface area contributed by atoms with Crippen molar-refractivity contribution in [1.82, 2.24) is 9.78 Å². The molecule has 29 heavy (non-hydrogen) atoms. The molecule has 4 rings (SSSR count). The van der Waals surface area contributed by atoms with Gasteiger partial charge in [0.1, 0.15) is 0 Å². The standard InChI is InChI=1S/C16H19N3O.C7H6N2/c1-11-4-5-14-10-13(15-8-9-18(3)17-15)6-7-16(14)19(11)12(2)20;8-5-6-1-3-7(9)4-2-6/h6-11H,4-5H2,1-3H3;1-4H,9H2/t11-;/m0./s1. The predicted octanol–water partition coefficient (Wildman–Crippen LogP) is 3.92. The molecule has 148 valence electrons. The third-order valence-electron chi connectivity index (χ3n) is 5.00. The highest BCUT2D eigenvalue weighted by Crippen LogP contribution is 2.33. The largest absolute Gasteiger partial charge is 0.399 e. The van der Waals surface area contributed by atoms with Gasteiger partial charge < -0.3 is 10.6 Å². The summed E-state index contributed by atoms with van der Waals surface area (Å²) >= 11 is 0. The minimum absolute atomic E-state index is 0.115. The highest BCUT2D eigenvalue weighted by Gasteiger charge is 2.26. The van der Waals surface area contributed by atoms with Gasteiger partial charge in [-0.05, 0) is 67.8 Å². The first kappa shape index (κ1) is 20.2. The normalized spacial score (nSPS) is 15.0. The van der Waals surface area contributed by atoms with Crippen molar-refractivity contribution in [2.24, 2.45) is 7.05 Å². The van der Waals surface area contributed by atoms with E-state index in [4.69, 9.17) is 11.0 Å². The van der Waals surface area contributed by atoms with E-state index < -0.39 is 0 Å². The van der Waals surface area contributed by atoms with Crippen LogP contribution in [0.4, 0.5) is 11.4 Å². The number of amides is 1.